The molecule has 1 heterocycles. The first kappa shape index (κ1) is 34.5. The van der Waals surface area contributed by atoms with Crippen molar-refractivity contribution in [2.45, 2.75) is 105 Å². The molecule has 0 saturated heterocycles. The number of ether oxygens (including phenoxy) is 1. The molecule has 1 spiro atoms. The summed E-state index contributed by atoms with van der Waals surface area (Å²) >= 11 is 3.64. The number of nitrogen functional groups attached to an aromatic ring is 1. The van der Waals surface area contributed by atoms with Crippen LogP contribution in [0.1, 0.15) is 105 Å². The summed E-state index contributed by atoms with van der Waals surface area (Å²) in [6.07, 6.45) is 6.52. The van der Waals surface area contributed by atoms with Crippen LogP contribution in [0.15, 0.2) is 40.9 Å². The minimum Gasteiger partial charge on any atom is -0.490 e. The van der Waals surface area contributed by atoms with Gasteiger partial charge in [0.2, 0.25) is 5.91 Å². The van der Waals surface area contributed by atoms with Gasteiger partial charge in [-0.25, -0.2) is 0 Å². The molecule has 7 heteroatoms. The predicted octanol–water partition coefficient (Wildman–Crippen LogP) is 8.72. The fourth-order valence-electron chi connectivity index (χ4n) is 5.29. The smallest absolute Gasteiger partial charge is 0.238 e. The van der Waals surface area contributed by atoms with E-state index in [0.717, 1.165) is 34.5 Å². The molecule has 2 aliphatic rings. The van der Waals surface area contributed by atoms with Crippen molar-refractivity contribution in [3.8, 4) is 5.75 Å². The number of halogens is 1. The first-order chi connectivity index (χ1) is 19.2. The number of nitrogens with one attached hydrogen (secondary N) is 1. The van der Waals surface area contributed by atoms with Crippen LogP contribution in [-0.4, -0.2) is 30.6 Å². The maximum Gasteiger partial charge on any atom is 0.238 e. The van der Waals surface area contributed by atoms with Gasteiger partial charge in [0.1, 0.15) is 11.5 Å². The van der Waals surface area contributed by atoms with Crippen molar-refractivity contribution in [2.75, 3.05) is 17.2 Å². The number of hydrogen-bond donors (Lipinski definition) is 2. The Balaban J connectivity index is 0.000000457. The standard InChI is InChI=1S/C23H24BrN3O3.C8H18.C3H8/c1-14(28)13-27-20-4-2-3-18(24)21(20)23(22(27)29)9-7-16(8-10-23)30-17-5-6-19(26)15(11-17)12-25;1-6-7(2)8(3,4)5;1-3-2/h2-6,11-12,16,25H,7-10,13,26H2,1H3;7H,6H2,1-5H3;3H2,1-2H3. The lowest BCUT2D eigenvalue weighted by molar-refractivity contribution is -0.126. The third-order valence-corrected chi connectivity index (χ3v) is 8.85. The molecule has 3 N–H and O–H groups in total. The lowest BCUT2D eigenvalue weighted by Gasteiger charge is -2.36. The highest BCUT2D eigenvalue weighted by atomic mass is 79.9. The summed E-state index contributed by atoms with van der Waals surface area (Å²) in [5, 5.41) is 7.46. The fourth-order valence-corrected chi connectivity index (χ4v) is 6.02. The molecule has 0 bridgehead atoms. The number of amides is 1. The number of nitrogens with two attached hydrogens (primary N) is 1. The summed E-state index contributed by atoms with van der Waals surface area (Å²) in [6, 6.07) is 11.1. The Kier molecular flexibility index (Phi) is 12.6. The van der Waals surface area contributed by atoms with Gasteiger partial charge in [0.15, 0.2) is 0 Å². The number of benzene rings is 2. The molecule has 1 amide bonds. The Morgan fingerprint density at radius 3 is 2.29 bits per heavy atom. The van der Waals surface area contributed by atoms with Crippen LogP contribution in [0.2, 0.25) is 0 Å². The molecule has 1 aliphatic carbocycles. The van der Waals surface area contributed by atoms with E-state index in [1.807, 2.05) is 24.3 Å². The molecule has 6 nitrogen and oxygen atoms in total. The number of ketones is 1. The maximum absolute atomic E-state index is 13.5. The predicted molar refractivity (Wildman–Crippen MR) is 175 cm³/mol. The molecule has 2 aromatic rings. The molecular formula is C34H50BrN3O3. The highest BCUT2D eigenvalue weighted by Gasteiger charge is 2.53. The molecular weight excluding hydrogens is 578 g/mol. The Hall–Kier alpha value is -2.67. The summed E-state index contributed by atoms with van der Waals surface area (Å²) in [4.78, 5) is 26.9. The van der Waals surface area contributed by atoms with Gasteiger partial charge in [-0.2, -0.15) is 0 Å². The number of Topliss-reactive ketones (excluding diaryl/α,β-unsaturated/α-hetero) is 1. The van der Waals surface area contributed by atoms with Crippen LogP contribution in [0.5, 0.6) is 5.75 Å². The van der Waals surface area contributed by atoms with Crippen molar-refractivity contribution in [3.63, 3.8) is 0 Å². The van der Waals surface area contributed by atoms with E-state index in [9.17, 15) is 9.59 Å². The zero-order valence-electron chi connectivity index (χ0n) is 26.3. The first-order valence-electron chi connectivity index (χ1n) is 14.9. The van der Waals surface area contributed by atoms with Crippen LogP contribution in [0, 0.1) is 16.7 Å². The van der Waals surface area contributed by atoms with E-state index >= 15 is 0 Å². The van der Waals surface area contributed by atoms with E-state index in [0.29, 0.717) is 35.3 Å². The van der Waals surface area contributed by atoms with Gasteiger partial charge < -0.3 is 20.8 Å². The van der Waals surface area contributed by atoms with Gasteiger partial charge in [-0.15, -0.1) is 0 Å². The van der Waals surface area contributed by atoms with Crippen LogP contribution < -0.4 is 15.4 Å². The first-order valence-corrected chi connectivity index (χ1v) is 15.7. The van der Waals surface area contributed by atoms with Crippen molar-refractivity contribution in [1.82, 2.24) is 0 Å². The van der Waals surface area contributed by atoms with Crippen molar-refractivity contribution >= 4 is 45.2 Å². The average molecular weight is 629 g/mol. The summed E-state index contributed by atoms with van der Waals surface area (Å²) in [7, 11) is 0. The normalized spacial score (nSPS) is 20.3. The molecule has 4 rings (SSSR count). The van der Waals surface area contributed by atoms with E-state index in [2.05, 4.69) is 64.4 Å². The molecule has 1 unspecified atom stereocenters. The Labute approximate surface area is 256 Å². The number of carbonyl (C=O) groups excluding carboxylic acids is 2. The van der Waals surface area contributed by atoms with Crippen LogP contribution in [0.3, 0.4) is 0 Å². The lowest BCUT2D eigenvalue weighted by atomic mass is 9.69. The molecule has 41 heavy (non-hydrogen) atoms. The summed E-state index contributed by atoms with van der Waals surface area (Å²) in [5.74, 6) is 1.51. The van der Waals surface area contributed by atoms with E-state index in [-0.39, 0.29) is 24.3 Å². The Bertz CT molecular complexity index is 1200. The van der Waals surface area contributed by atoms with E-state index < -0.39 is 5.41 Å². The lowest BCUT2D eigenvalue weighted by Crippen LogP contribution is -2.45. The number of anilines is 2. The third-order valence-electron chi connectivity index (χ3n) is 8.19. The second-order valence-electron chi connectivity index (χ2n) is 12.4. The second-order valence-corrected chi connectivity index (χ2v) is 13.3. The minimum absolute atomic E-state index is 0.0108. The molecule has 0 radical (unpaired) electrons. The minimum atomic E-state index is -0.619. The van der Waals surface area contributed by atoms with Gasteiger partial charge in [0, 0.05) is 33.2 Å². The van der Waals surface area contributed by atoms with Gasteiger partial charge in [-0.1, -0.05) is 83.3 Å². The summed E-state index contributed by atoms with van der Waals surface area (Å²) in [6.45, 7) is 17.3. The number of rotatable bonds is 6. The SMILES string of the molecule is CC(=O)CN1C(=O)C2(CCC(Oc3ccc(N)c(C=N)c3)CC2)c2c(Br)cccc21.CCC.CCC(C)C(C)(C)C. The molecule has 2 aromatic carbocycles. The fraction of sp³-hybridized carbons (Fsp3) is 0.559. The highest BCUT2D eigenvalue weighted by molar-refractivity contribution is 9.10. The Morgan fingerprint density at radius 2 is 1.80 bits per heavy atom. The van der Waals surface area contributed by atoms with Gasteiger partial charge in [-0.3, -0.25) is 9.59 Å². The van der Waals surface area contributed by atoms with Crippen LogP contribution >= 0.6 is 15.9 Å². The summed E-state index contributed by atoms with van der Waals surface area (Å²) in [5.41, 5.74) is 8.74. The van der Waals surface area contributed by atoms with Crippen molar-refractivity contribution in [1.29, 1.82) is 5.41 Å². The number of carbonyl (C=O) groups is 2. The zero-order valence-corrected chi connectivity index (χ0v) is 27.9. The maximum atomic E-state index is 13.5. The van der Waals surface area contributed by atoms with Crippen LogP contribution in [-0.2, 0) is 15.0 Å². The van der Waals surface area contributed by atoms with Gasteiger partial charge >= 0.3 is 0 Å². The third kappa shape index (κ3) is 8.43. The van der Waals surface area contributed by atoms with Crippen molar-refractivity contribution < 1.29 is 14.3 Å². The number of fused-ring (bicyclic) bond motifs is 2. The average Bonchev–Trinajstić information content (AvgIpc) is 3.14. The molecule has 1 atom stereocenters. The van der Waals surface area contributed by atoms with E-state index in [1.54, 1.807) is 17.0 Å². The highest BCUT2D eigenvalue weighted by Crippen LogP contribution is 2.53. The number of nitrogens with zero attached hydrogens (tertiary/aromatic N) is 1. The van der Waals surface area contributed by atoms with Gasteiger partial charge in [0.05, 0.1) is 18.1 Å². The van der Waals surface area contributed by atoms with Crippen molar-refractivity contribution in [2.24, 2.45) is 11.3 Å². The summed E-state index contributed by atoms with van der Waals surface area (Å²) < 4.78 is 7.06. The zero-order chi connectivity index (χ0) is 31.0. The van der Waals surface area contributed by atoms with Crippen molar-refractivity contribution in [3.05, 3.63) is 52.0 Å². The quantitative estimate of drug-likeness (QED) is 0.247. The Morgan fingerprint density at radius 1 is 1.20 bits per heavy atom. The molecule has 0 aromatic heterocycles. The van der Waals surface area contributed by atoms with Gasteiger partial charge in [0.25, 0.3) is 0 Å². The largest absolute Gasteiger partial charge is 0.490 e. The second kappa shape index (κ2) is 15.0. The number of hydrogen-bond acceptors (Lipinski definition) is 5. The van der Waals surface area contributed by atoms with Crippen LogP contribution in [0.4, 0.5) is 11.4 Å². The molecule has 226 valence electrons. The molecule has 1 aliphatic heterocycles. The van der Waals surface area contributed by atoms with Crippen LogP contribution in [0.25, 0.3) is 0 Å². The van der Waals surface area contributed by atoms with E-state index in [1.165, 1.54) is 26.0 Å². The van der Waals surface area contributed by atoms with E-state index in [4.69, 9.17) is 15.9 Å². The van der Waals surface area contributed by atoms with Gasteiger partial charge in [-0.05, 0) is 74.3 Å². The topological polar surface area (TPSA) is 96.5 Å². The monoisotopic (exact) mass is 627 g/mol. The molecule has 1 fully saturated rings. The molecule has 1 saturated carbocycles.